The summed E-state index contributed by atoms with van der Waals surface area (Å²) in [4.78, 5) is 4.47. The van der Waals surface area contributed by atoms with Gasteiger partial charge in [-0.05, 0) is 31.7 Å². The molecule has 100 valence electrons. The lowest BCUT2D eigenvalue weighted by Gasteiger charge is -2.10. The third-order valence-corrected chi connectivity index (χ3v) is 2.94. The van der Waals surface area contributed by atoms with Crippen LogP contribution in [0.15, 0.2) is 29.3 Å². The van der Waals surface area contributed by atoms with Crippen molar-refractivity contribution in [3.05, 3.63) is 35.4 Å². The molecular weight excluding hydrogens is 290 g/mol. The molecule has 0 radical (unpaired) electrons. The zero-order valence-corrected chi connectivity index (χ0v) is 12.6. The van der Waals surface area contributed by atoms with Gasteiger partial charge in [-0.2, -0.15) is 0 Å². The summed E-state index contributed by atoms with van der Waals surface area (Å²) in [5, 5.41) is 6.69. The molecule has 0 saturated heterocycles. The summed E-state index contributed by atoms with van der Waals surface area (Å²) in [7, 11) is 0. The summed E-state index contributed by atoms with van der Waals surface area (Å²) in [5.74, 6) is 0.968. The molecule has 0 aromatic heterocycles. The predicted molar refractivity (Wildman–Crippen MR) is 82.7 cm³/mol. The first-order chi connectivity index (χ1) is 8.34. The molecule has 1 heterocycles. The Kier molecular flexibility index (Phi) is 6.80. The Balaban J connectivity index is 0.00000162. The predicted octanol–water partition coefficient (Wildman–Crippen LogP) is 2.44. The highest BCUT2D eigenvalue weighted by Crippen LogP contribution is 2.03. The van der Waals surface area contributed by atoms with Crippen LogP contribution in [0.2, 0.25) is 0 Å². The molecule has 0 atom stereocenters. The molecule has 0 bridgehead atoms. The summed E-state index contributed by atoms with van der Waals surface area (Å²) >= 11 is 0. The van der Waals surface area contributed by atoms with E-state index in [1.807, 2.05) is 0 Å². The van der Waals surface area contributed by atoms with E-state index in [4.69, 9.17) is 0 Å². The molecule has 4 heteroatoms. The van der Waals surface area contributed by atoms with Crippen LogP contribution in [0.3, 0.4) is 0 Å². The average molecular weight is 312 g/mol. The number of hydrogen-bond donors (Lipinski definition) is 2. The minimum atomic E-state index is 0. The second-order valence-corrected chi connectivity index (χ2v) is 4.53. The molecule has 0 amide bonds. The Bertz CT molecular complexity index is 390. The lowest BCUT2D eigenvalue weighted by atomic mass is 10.1. The second-order valence-electron chi connectivity index (χ2n) is 4.53. The van der Waals surface area contributed by atoms with Crippen molar-refractivity contribution < 1.29 is 0 Å². The Morgan fingerprint density at radius 1 is 1.33 bits per heavy atom. The van der Waals surface area contributed by atoms with E-state index in [0.717, 1.165) is 32.0 Å². The maximum atomic E-state index is 4.47. The summed E-state index contributed by atoms with van der Waals surface area (Å²) < 4.78 is 0. The molecule has 1 aliphatic heterocycles. The second kappa shape index (κ2) is 8.14. The van der Waals surface area contributed by atoms with Gasteiger partial charge >= 0.3 is 0 Å². The highest BCUT2D eigenvalue weighted by molar-refractivity contribution is 8.93. The Hall–Kier alpha value is -1.03. The van der Waals surface area contributed by atoms with Gasteiger partial charge in [0.15, 0.2) is 5.96 Å². The van der Waals surface area contributed by atoms with Gasteiger partial charge in [0.05, 0.1) is 0 Å². The summed E-state index contributed by atoms with van der Waals surface area (Å²) in [5.41, 5.74) is 2.71. The number of hydrogen-bond acceptors (Lipinski definition) is 3. The lowest BCUT2D eigenvalue weighted by Crippen LogP contribution is -2.38. The SMILES string of the molecule is Br.Cc1cccc(CCNC2=NCCCCN2)c1. The zero-order chi connectivity index (χ0) is 11.9. The fourth-order valence-electron chi connectivity index (χ4n) is 2.00. The number of halogens is 1. The van der Waals surface area contributed by atoms with Crippen molar-refractivity contribution in [2.24, 2.45) is 4.99 Å². The van der Waals surface area contributed by atoms with Gasteiger partial charge in [0.25, 0.3) is 0 Å². The normalized spacial score (nSPS) is 14.8. The number of nitrogens with zero attached hydrogens (tertiary/aromatic N) is 1. The first kappa shape index (κ1) is 15.0. The summed E-state index contributed by atoms with van der Waals surface area (Å²) in [6.07, 6.45) is 3.45. The van der Waals surface area contributed by atoms with Gasteiger partial charge in [0, 0.05) is 19.6 Å². The lowest BCUT2D eigenvalue weighted by molar-refractivity contribution is 0.741. The van der Waals surface area contributed by atoms with Gasteiger partial charge in [-0.25, -0.2) is 0 Å². The molecule has 2 N–H and O–H groups in total. The number of rotatable bonds is 3. The molecule has 0 fully saturated rings. The molecule has 0 unspecified atom stereocenters. The number of benzene rings is 1. The van der Waals surface area contributed by atoms with Crippen molar-refractivity contribution in [3.8, 4) is 0 Å². The first-order valence-electron chi connectivity index (χ1n) is 6.42. The van der Waals surface area contributed by atoms with Crippen LogP contribution in [0.25, 0.3) is 0 Å². The quantitative estimate of drug-likeness (QED) is 0.899. The smallest absolute Gasteiger partial charge is 0.191 e. The molecule has 3 nitrogen and oxygen atoms in total. The van der Waals surface area contributed by atoms with E-state index < -0.39 is 0 Å². The molecule has 1 aromatic rings. The largest absolute Gasteiger partial charge is 0.356 e. The van der Waals surface area contributed by atoms with E-state index in [1.165, 1.54) is 24.0 Å². The summed E-state index contributed by atoms with van der Waals surface area (Å²) in [6.45, 7) is 5.05. The van der Waals surface area contributed by atoms with Crippen LogP contribution in [-0.4, -0.2) is 25.6 Å². The van der Waals surface area contributed by atoms with Crippen molar-refractivity contribution >= 4 is 22.9 Å². The zero-order valence-electron chi connectivity index (χ0n) is 10.9. The van der Waals surface area contributed by atoms with Gasteiger partial charge in [-0.1, -0.05) is 29.8 Å². The van der Waals surface area contributed by atoms with E-state index in [9.17, 15) is 0 Å². The van der Waals surface area contributed by atoms with Crippen LogP contribution in [0.5, 0.6) is 0 Å². The van der Waals surface area contributed by atoms with Crippen molar-refractivity contribution in [1.82, 2.24) is 10.6 Å². The van der Waals surface area contributed by atoms with Crippen LogP contribution >= 0.6 is 17.0 Å². The van der Waals surface area contributed by atoms with E-state index in [-0.39, 0.29) is 17.0 Å². The van der Waals surface area contributed by atoms with E-state index in [2.05, 4.69) is 46.8 Å². The summed E-state index contributed by atoms with van der Waals surface area (Å²) in [6, 6.07) is 8.67. The van der Waals surface area contributed by atoms with Crippen molar-refractivity contribution in [1.29, 1.82) is 0 Å². The van der Waals surface area contributed by atoms with Gasteiger partial charge in [0.1, 0.15) is 0 Å². The minimum Gasteiger partial charge on any atom is -0.356 e. The van der Waals surface area contributed by atoms with Crippen LogP contribution < -0.4 is 10.6 Å². The van der Waals surface area contributed by atoms with Crippen molar-refractivity contribution in [3.63, 3.8) is 0 Å². The highest BCUT2D eigenvalue weighted by Gasteiger charge is 2.01. The van der Waals surface area contributed by atoms with Crippen molar-refractivity contribution in [2.45, 2.75) is 26.2 Å². The Morgan fingerprint density at radius 2 is 2.22 bits per heavy atom. The van der Waals surface area contributed by atoms with E-state index in [0.29, 0.717) is 0 Å². The van der Waals surface area contributed by atoms with Crippen molar-refractivity contribution in [2.75, 3.05) is 19.6 Å². The Morgan fingerprint density at radius 3 is 3.06 bits per heavy atom. The average Bonchev–Trinajstić information content (AvgIpc) is 2.58. The number of aliphatic imine (C=N–C) groups is 1. The molecule has 1 aliphatic rings. The first-order valence-corrected chi connectivity index (χ1v) is 6.42. The third kappa shape index (κ3) is 5.08. The number of guanidine groups is 1. The Labute approximate surface area is 120 Å². The van der Waals surface area contributed by atoms with Gasteiger partial charge in [-0.15, -0.1) is 17.0 Å². The molecule has 0 aliphatic carbocycles. The fraction of sp³-hybridized carbons (Fsp3) is 0.500. The molecule has 0 saturated carbocycles. The maximum Gasteiger partial charge on any atom is 0.191 e. The van der Waals surface area contributed by atoms with Crippen LogP contribution in [0.4, 0.5) is 0 Å². The van der Waals surface area contributed by atoms with Gasteiger partial charge in [0.2, 0.25) is 0 Å². The van der Waals surface area contributed by atoms with Gasteiger partial charge in [-0.3, -0.25) is 4.99 Å². The van der Waals surface area contributed by atoms with E-state index >= 15 is 0 Å². The number of aryl methyl sites for hydroxylation is 1. The molecule has 2 rings (SSSR count). The van der Waals surface area contributed by atoms with E-state index in [1.54, 1.807) is 0 Å². The molecule has 18 heavy (non-hydrogen) atoms. The van der Waals surface area contributed by atoms with Gasteiger partial charge < -0.3 is 10.6 Å². The molecular formula is C14H22BrN3. The molecule has 1 aromatic carbocycles. The van der Waals surface area contributed by atoms with Crippen LogP contribution in [0.1, 0.15) is 24.0 Å². The monoisotopic (exact) mass is 311 g/mol. The standard InChI is InChI=1S/C14H21N3.BrH/c1-12-5-4-6-13(11-12)7-10-17-14-15-8-2-3-9-16-14;/h4-6,11H,2-3,7-10H2,1H3,(H2,15,16,17);1H. The fourth-order valence-corrected chi connectivity index (χ4v) is 2.00. The molecule has 0 spiro atoms. The van der Waals surface area contributed by atoms with Crippen LogP contribution in [-0.2, 0) is 6.42 Å². The maximum absolute atomic E-state index is 4.47. The highest BCUT2D eigenvalue weighted by atomic mass is 79.9. The minimum absolute atomic E-state index is 0. The topological polar surface area (TPSA) is 36.4 Å². The number of nitrogens with one attached hydrogen (secondary N) is 2. The van der Waals surface area contributed by atoms with Crippen LogP contribution in [0, 0.1) is 6.92 Å². The third-order valence-electron chi connectivity index (χ3n) is 2.94.